The van der Waals surface area contributed by atoms with Crippen molar-refractivity contribution in [2.24, 2.45) is 0 Å². The molecular formula is C19H30FN3O4. The highest BCUT2D eigenvalue weighted by Gasteiger charge is 2.22. The molecule has 0 aromatic carbocycles. The van der Waals surface area contributed by atoms with Crippen LogP contribution in [0.15, 0.2) is 4.42 Å². The summed E-state index contributed by atoms with van der Waals surface area (Å²) in [5.41, 5.74) is 0.671. The van der Waals surface area contributed by atoms with Gasteiger partial charge >= 0.3 is 0 Å². The predicted octanol–water partition coefficient (Wildman–Crippen LogP) is 2.70. The predicted molar refractivity (Wildman–Crippen MR) is 99.2 cm³/mol. The van der Waals surface area contributed by atoms with E-state index in [1.807, 2.05) is 4.90 Å². The lowest BCUT2D eigenvalue weighted by Crippen LogP contribution is -2.25. The van der Waals surface area contributed by atoms with Crippen LogP contribution in [0.5, 0.6) is 0 Å². The van der Waals surface area contributed by atoms with Gasteiger partial charge in [0.15, 0.2) is 17.4 Å². The van der Waals surface area contributed by atoms with Crippen molar-refractivity contribution >= 4 is 17.6 Å². The number of alkyl halides is 1. The van der Waals surface area contributed by atoms with Crippen LogP contribution in [0.1, 0.15) is 62.2 Å². The summed E-state index contributed by atoms with van der Waals surface area (Å²) in [6.07, 6.45) is 2.12. The number of likely N-dealkylation sites (tertiary alicyclic amines) is 2. The zero-order chi connectivity index (χ0) is 20.6. The molecular weight excluding hydrogens is 353 g/mol. The summed E-state index contributed by atoms with van der Waals surface area (Å²) in [6, 6.07) is 0. The molecule has 0 aliphatic carbocycles. The number of rotatable bonds is 1. The van der Waals surface area contributed by atoms with Gasteiger partial charge in [-0.15, -0.1) is 0 Å². The number of ketones is 1. The van der Waals surface area contributed by atoms with Crippen LogP contribution in [-0.4, -0.2) is 64.7 Å². The number of hydrogen-bond acceptors (Lipinski definition) is 5. The van der Waals surface area contributed by atoms with Crippen LogP contribution in [0.4, 0.5) is 4.39 Å². The molecule has 0 spiro atoms. The van der Waals surface area contributed by atoms with Gasteiger partial charge < -0.3 is 14.2 Å². The first-order valence-corrected chi connectivity index (χ1v) is 9.21. The highest BCUT2D eigenvalue weighted by molar-refractivity contribution is 5.92. The van der Waals surface area contributed by atoms with E-state index in [4.69, 9.17) is 4.42 Å². The van der Waals surface area contributed by atoms with E-state index in [2.05, 4.69) is 4.98 Å². The molecule has 1 atom stereocenters. The molecule has 0 N–H and O–H groups in total. The number of amides is 2. The molecule has 0 radical (unpaired) electrons. The molecule has 2 fully saturated rings. The van der Waals surface area contributed by atoms with Gasteiger partial charge in [-0.3, -0.25) is 14.4 Å². The van der Waals surface area contributed by atoms with E-state index >= 15 is 0 Å². The lowest BCUT2D eigenvalue weighted by molar-refractivity contribution is -0.128. The summed E-state index contributed by atoms with van der Waals surface area (Å²) in [7, 11) is 0. The average molecular weight is 383 g/mol. The van der Waals surface area contributed by atoms with E-state index in [-0.39, 0.29) is 17.6 Å². The zero-order valence-corrected chi connectivity index (χ0v) is 16.9. The highest BCUT2D eigenvalue weighted by atomic mass is 19.1. The van der Waals surface area contributed by atoms with E-state index in [1.165, 1.54) is 31.6 Å². The first-order valence-electron chi connectivity index (χ1n) is 9.21. The molecule has 0 saturated carbocycles. The fourth-order valence-electron chi connectivity index (χ4n) is 2.89. The van der Waals surface area contributed by atoms with Crippen LogP contribution < -0.4 is 0 Å². The molecule has 1 aromatic rings. The van der Waals surface area contributed by atoms with Crippen molar-refractivity contribution in [2.75, 3.05) is 26.2 Å². The Morgan fingerprint density at radius 1 is 1.00 bits per heavy atom. The van der Waals surface area contributed by atoms with Crippen molar-refractivity contribution in [1.82, 2.24) is 14.8 Å². The average Bonchev–Trinajstić information content (AvgIpc) is 3.29. The maximum atomic E-state index is 12.3. The Balaban J connectivity index is 0.000000204. The Kier molecular flexibility index (Phi) is 9.11. The van der Waals surface area contributed by atoms with Crippen LogP contribution in [0.3, 0.4) is 0 Å². The molecule has 2 saturated heterocycles. The van der Waals surface area contributed by atoms with Crippen LogP contribution in [0.25, 0.3) is 0 Å². The zero-order valence-electron chi connectivity index (χ0n) is 16.9. The molecule has 2 aliphatic heterocycles. The van der Waals surface area contributed by atoms with E-state index in [0.29, 0.717) is 36.9 Å². The number of hydrogen-bond donors (Lipinski definition) is 0. The van der Waals surface area contributed by atoms with Gasteiger partial charge in [0, 0.05) is 47.3 Å². The number of carbonyl (C=O) groups is 3. The minimum atomic E-state index is -0.783. The molecule has 1 aromatic heterocycles. The standard InChI is InChI=1S/C7H9NO2.C6H10FNO.C6H11NO/c1-4-7(5(2)9)10-6(3)8-4;1-5(9)8-3-2-6(7)4-8;1-6(8)7-4-2-3-5-7/h1-3H3;6H,2-4H2,1H3;2-5H2,1H3. The van der Waals surface area contributed by atoms with Crippen LogP contribution in [-0.2, 0) is 9.59 Å². The number of Topliss-reactive ketones (excluding diaryl/α,β-unsaturated/α-hetero) is 1. The van der Waals surface area contributed by atoms with E-state index in [0.717, 1.165) is 13.1 Å². The quantitative estimate of drug-likeness (QED) is 0.696. The van der Waals surface area contributed by atoms with Gasteiger partial charge in [-0.2, -0.15) is 0 Å². The maximum absolute atomic E-state index is 12.3. The summed E-state index contributed by atoms with van der Waals surface area (Å²) in [4.78, 5) is 39.2. The molecule has 8 heteroatoms. The lowest BCUT2D eigenvalue weighted by atomic mass is 10.3. The van der Waals surface area contributed by atoms with Crippen molar-refractivity contribution in [3.63, 3.8) is 0 Å². The Hall–Kier alpha value is -2.25. The third kappa shape index (κ3) is 7.88. The molecule has 2 aliphatic rings. The molecule has 7 nitrogen and oxygen atoms in total. The molecule has 1 unspecified atom stereocenters. The first-order chi connectivity index (χ1) is 12.6. The molecule has 0 bridgehead atoms. The summed E-state index contributed by atoms with van der Waals surface area (Å²) in [5.74, 6) is 1.05. The van der Waals surface area contributed by atoms with Gasteiger partial charge in [0.1, 0.15) is 6.17 Å². The van der Waals surface area contributed by atoms with Gasteiger partial charge in [0.05, 0.1) is 12.2 Å². The maximum Gasteiger partial charge on any atom is 0.219 e. The van der Waals surface area contributed by atoms with Crippen molar-refractivity contribution in [1.29, 1.82) is 0 Å². The van der Waals surface area contributed by atoms with E-state index in [9.17, 15) is 18.8 Å². The van der Waals surface area contributed by atoms with Crippen molar-refractivity contribution in [2.45, 2.75) is 60.1 Å². The largest absolute Gasteiger partial charge is 0.438 e. The number of aryl methyl sites for hydroxylation is 2. The van der Waals surface area contributed by atoms with Gasteiger partial charge in [-0.1, -0.05) is 0 Å². The Labute approximate surface area is 159 Å². The third-order valence-electron chi connectivity index (χ3n) is 4.35. The minimum absolute atomic E-state index is 0.0184. The fourth-order valence-corrected chi connectivity index (χ4v) is 2.89. The molecule has 152 valence electrons. The van der Waals surface area contributed by atoms with Crippen molar-refractivity contribution < 1.29 is 23.2 Å². The lowest BCUT2D eigenvalue weighted by Gasteiger charge is -2.10. The third-order valence-corrected chi connectivity index (χ3v) is 4.35. The van der Waals surface area contributed by atoms with E-state index in [1.54, 1.807) is 20.8 Å². The van der Waals surface area contributed by atoms with Gasteiger partial charge in [0.2, 0.25) is 11.8 Å². The number of aromatic nitrogens is 1. The molecule has 2 amide bonds. The molecule has 27 heavy (non-hydrogen) atoms. The summed E-state index contributed by atoms with van der Waals surface area (Å²) >= 11 is 0. The van der Waals surface area contributed by atoms with Gasteiger partial charge in [-0.25, -0.2) is 9.37 Å². The normalized spacial score (nSPS) is 18.4. The summed E-state index contributed by atoms with van der Waals surface area (Å²) in [6.45, 7) is 10.9. The van der Waals surface area contributed by atoms with Crippen LogP contribution >= 0.6 is 0 Å². The fraction of sp³-hybridized carbons (Fsp3) is 0.684. The number of oxazole rings is 1. The van der Waals surface area contributed by atoms with Crippen LogP contribution in [0, 0.1) is 13.8 Å². The monoisotopic (exact) mass is 383 g/mol. The Bertz CT molecular complexity index is 653. The molecule has 3 heterocycles. The smallest absolute Gasteiger partial charge is 0.219 e. The van der Waals surface area contributed by atoms with Gasteiger partial charge in [0.25, 0.3) is 0 Å². The highest BCUT2D eigenvalue weighted by Crippen LogP contribution is 2.11. The summed E-state index contributed by atoms with van der Waals surface area (Å²) in [5, 5.41) is 0. The second kappa shape index (κ2) is 10.8. The SMILES string of the molecule is CC(=O)N1CCC(F)C1.CC(=O)N1CCCC1.CC(=O)c1oc(C)nc1C. The number of nitrogens with zero attached hydrogens (tertiary/aromatic N) is 3. The topological polar surface area (TPSA) is 83.7 Å². The Morgan fingerprint density at radius 3 is 1.78 bits per heavy atom. The van der Waals surface area contributed by atoms with Crippen molar-refractivity contribution in [3.05, 3.63) is 17.3 Å². The summed E-state index contributed by atoms with van der Waals surface area (Å²) < 4.78 is 17.4. The first kappa shape index (κ1) is 22.8. The van der Waals surface area contributed by atoms with Crippen LogP contribution in [0.2, 0.25) is 0 Å². The second-order valence-corrected chi connectivity index (χ2v) is 6.77. The Morgan fingerprint density at radius 2 is 1.56 bits per heavy atom. The number of carbonyl (C=O) groups excluding carboxylic acids is 3. The van der Waals surface area contributed by atoms with Crippen molar-refractivity contribution in [3.8, 4) is 0 Å². The number of halogens is 1. The van der Waals surface area contributed by atoms with Gasteiger partial charge in [-0.05, 0) is 26.2 Å². The minimum Gasteiger partial charge on any atom is -0.438 e. The second-order valence-electron chi connectivity index (χ2n) is 6.77. The molecule has 3 rings (SSSR count). The van der Waals surface area contributed by atoms with E-state index < -0.39 is 6.17 Å².